The largest absolute Gasteiger partial charge is 0.443 e. The second kappa shape index (κ2) is 5.72. The van der Waals surface area contributed by atoms with E-state index in [1.807, 2.05) is 10.7 Å². The van der Waals surface area contributed by atoms with Crippen LogP contribution in [0.1, 0.15) is 18.3 Å². The Hall–Kier alpha value is -2.09. The molecule has 1 aromatic rings. The van der Waals surface area contributed by atoms with Gasteiger partial charge in [-0.05, 0) is 6.07 Å². The molecule has 8 nitrogen and oxygen atoms in total. The third-order valence-electron chi connectivity index (χ3n) is 3.66. The van der Waals surface area contributed by atoms with Gasteiger partial charge in [-0.3, -0.25) is 14.4 Å². The molecular weight excluding hydrogens is 274 g/mol. The predicted molar refractivity (Wildman–Crippen MR) is 73.3 cm³/mol. The SMILES string of the molecule is CC(=O)NCc1cc2n(n1)CCN(C[C@H]1CNC(=O)O1)C2. The summed E-state index contributed by atoms with van der Waals surface area (Å²) < 4.78 is 7.14. The third kappa shape index (κ3) is 3.33. The van der Waals surface area contributed by atoms with Gasteiger partial charge in [0.15, 0.2) is 0 Å². The molecule has 0 aliphatic carbocycles. The van der Waals surface area contributed by atoms with Crippen LogP contribution < -0.4 is 10.6 Å². The molecule has 2 amide bonds. The van der Waals surface area contributed by atoms with Crippen LogP contribution in [0.2, 0.25) is 0 Å². The predicted octanol–water partition coefficient (Wildman–Crippen LogP) is -0.557. The van der Waals surface area contributed by atoms with Gasteiger partial charge in [0, 0.05) is 26.6 Å². The molecule has 0 radical (unpaired) electrons. The lowest BCUT2D eigenvalue weighted by Gasteiger charge is -2.28. The van der Waals surface area contributed by atoms with E-state index in [1.165, 1.54) is 6.92 Å². The van der Waals surface area contributed by atoms with Gasteiger partial charge in [0.1, 0.15) is 6.10 Å². The van der Waals surface area contributed by atoms with E-state index in [4.69, 9.17) is 4.74 Å². The molecule has 2 N–H and O–H groups in total. The normalized spacial score (nSPS) is 21.6. The molecule has 8 heteroatoms. The fourth-order valence-corrected chi connectivity index (χ4v) is 2.66. The Bertz CT molecular complexity index is 556. The highest BCUT2D eigenvalue weighted by molar-refractivity contribution is 5.72. The maximum absolute atomic E-state index is 11.0. The fraction of sp³-hybridized carbons (Fsp3) is 0.615. The Kier molecular flexibility index (Phi) is 3.78. The van der Waals surface area contributed by atoms with Gasteiger partial charge in [0.25, 0.3) is 0 Å². The summed E-state index contributed by atoms with van der Waals surface area (Å²) in [4.78, 5) is 24.2. The number of nitrogens with zero attached hydrogens (tertiary/aromatic N) is 3. The zero-order chi connectivity index (χ0) is 14.8. The summed E-state index contributed by atoms with van der Waals surface area (Å²) in [6.45, 7) is 5.72. The van der Waals surface area contributed by atoms with Crippen LogP contribution in [-0.2, 0) is 29.2 Å². The van der Waals surface area contributed by atoms with Crippen molar-refractivity contribution in [3.8, 4) is 0 Å². The number of carbonyl (C=O) groups excluding carboxylic acids is 2. The van der Waals surface area contributed by atoms with E-state index in [1.54, 1.807) is 0 Å². The molecule has 0 bridgehead atoms. The minimum Gasteiger partial charge on any atom is -0.443 e. The number of nitrogens with one attached hydrogen (secondary N) is 2. The number of alkyl carbamates (subject to hydrolysis) is 1. The number of fused-ring (bicyclic) bond motifs is 1. The monoisotopic (exact) mass is 293 g/mol. The van der Waals surface area contributed by atoms with Gasteiger partial charge in [0.05, 0.1) is 31.0 Å². The van der Waals surface area contributed by atoms with Crippen molar-refractivity contribution < 1.29 is 14.3 Å². The molecule has 1 aromatic heterocycles. The summed E-state index contributed by atoms with van der Waals surface area (Å²) >= 11 is 0. The van der Waals surface area contributed by atoms with Crippen LogP contribution in [0, 0.1) is 0 Å². The van der Waals surface area contributed by atoms with Crippen molar-refractivity contribution in [2.75, 3.05) is 19.6 Å². The van der Waals surface area contributed by atoms with Gasteiger partial charge in [-0.25, -0.2) is 4.79 Å². The first-order valence-corrected chi connectivity index (χ1v) is 7.07. The summed E-state index contributed by atoms with van der Waals surface area (Å²) in [7, 11) is 0. The summed E-state index contributed by atoms with van der Waals surface area (Å²) in [5, 5.41) is 9.89. The fourth-order valence-electron chi connectivity index (χ4n) is 2.66. The van der Waals surface area contributed by atoms with Crippen molar-refractivity contribution in [2.24, 2.45) is 0 Å². The van der Waals surface area contributed by atoms with Crippen LogP contribution in [0.4, 0.5) is 4.79 Å². The Balaban J connectivity index is 1.57. The van der Waals surface area contributed by atoms with Crippen molar-refractivity contribution in [1.29, 1.82) is 0 Å². The molecule has 21 heavy (non-hydrogen) atoms. The molecule has 1 atom stereocenters. The van der Waals surface area contributed by atoms with E-state index in [9.17, 15) is 9.59 Å². The van der Waals surface area contributed by atoms with Gasteiger partial charge in [-0.2, -0.15) is 5.10 Å². The van der Waals surface area contributed by atoms with E-state index in [0.29, 0.717) is 13.1 Å². The van der Waals surface area contributed by atoms with Gasteiger partial charge in [-0.15, -0.1) is 0 Å². The molecule has 2 aliphatic rings. The standard InChI is InChI=1S/C13H19N5O3/c1-9(19)14-5-10-4-11-7-17(2-3-18(11)16-10)8-12-6-15-13(20)21-12/h4,12H,2-3,5-8H2,1H3,(H,14,19)(H,15,20)/t12-/m1/s1. The summed E-state index contributed by atoms with van der Waals surface area (Å²) in [5.41, 5.74) is 2.00. The summed E-state index contributed by atoms with van der Waals surface area (Å²) in [6, 6.07) is 2.01. The molecule has 3 heterocycles. The highest BCUT2D eigenvalue weighted by Crippen LogP contribution is 2.15. The lowest BCUT2D eigenvalue weighted by atomic mass is 10.2. The van der Waals surface area contributed by atoms with E-state index in [0.717, 1.165) is 37.6 Å². The average molecular weight is 293 g/mol. The Morgan fingerprint density at radius 1 is 1.57 bits per heavy atom. The number of ether oxygens (including phenoxy) is 1. The molecule has 2 aliphatic heterocycles. The average Bonchev–Trinajstić information content (AvgIpc) is 3.02. The van der Waals surface area contributed by atoms with Gasteiger partial charge in [0.2, 0.25) is 5.91 Å². The van der Waals surface area contributed by atoms with Crippen LogP contribution in [0.5, 0.6) is 0 Å². The van der Waals surface area contributed by atoms with E-state index >= 15 is 0 Å². The third-order valence-corrected chi connectivity index (χ3v) is 3.66. The highest BCUT2D eigenvalue weighted by atomic mass is 16.6. The second-order valence-electron chi connectivity index (χ2n) is 5.40. The first-order valence-electron chi connectivity index (χ1n) is 7.07. The molecule has 0 unspecified atom stereocenters. The second-order valence-corrected chi connectivity index (χ2v) is 5.40. The molecule has 0 spiro atoms. The van der Waals surface area contributed by atoms with E-state index in [2.05, 4.69) is 20.6 Å². The molecule has 0 saturated carbocycles. The number of rotatable bonds is 4. The maximum atomic E-state index is 11.0. The van der Waals surface area contributed by atoms with Crippen LogP contribution in [0.15, 0.2) is 6.07 Å². The van der Waals surface area contributed by atoms with Crippen LogP contribution >= 0.6 is 0 Å². The number of aromatic nitrogens is 2. The number of amides is 2. The smallest absolute Gasteiger partial charge is 0.407 e. The molecule has 0 aromatic carbocycles. The first kappa shape index (κ1) is 13.9. The summed E-state index contributed by atoms with van der Waals surface area (Å²) in [6.07, 6.45) is -0.412. The van der Waals surface area contributed by atoms with Crippen molar-refractivity contribution in [3.05, 3.63) is 17.5 Å². The Morgan fingerprint density at radius 2 is 2.43 bits per heavy atom. The molecule has 1 saturated heterocycles. The number of cyclic esters (lactones) is 1. The molecule has 114 valence electrons. The quantitative estimate of drug-likeness (QED) is 0.777. The van der Waals surface area contributed by atoms with E-state index < -0.39 is 0 Å². The minimum atomic E-state index is -0.334. The lowest BCUT2D eigenvalue weighted by molar-refractivity contribution is -0.119. The van der Waals surface area contributed by atoms with Crippen LogP contribution in [-0.4, -0.2) is 52.4 Å². The minimum absolute atomic E-state index is 0.0573. The lowest BCUT2D eigenvalue weighted by Crippen LogP contribution is -2.39. The Morgan fingerprint density at radius 3 is 3.14 bits per heavy atom. The summed E-state index contributed by atoms with van der Waals surface area (Å²) in [5.74, 6) is -0.0573. The van der Waals surface area contributed by atoms with Gasteiger partial charge < -0.3 is 15.4 Å². The zero-order valence-electron chi connectivity index (χ0n) is 12.0. The molecular formula is C13H19N5O3. The molecule has 3 rings (SSSR count). The van der Waals surface area contributed by atoms with Crippen molar-refractivity contribution in [2.45, 2.75) is 32.7 Å². The first-order chi connectivity index (χ1) is 10.1. The van der Waals surface area contributed by atoms with Crippen LogP contribution in [0.3, 0.4) is 0 Å². The van der Waals surface area contributed by atoms with Crippen molar-refractivity contribution >= 4 is 12.0 Å². The zero-order valence-corrected chi connectivity index (χ0v) is 12.0. The molecule has 1 fully saturated rings. The maximum Gasteiger partial charge on any atom is 0.407 e. The van der Waals surface area contributed by atoms with Gasteiger partial charge >= 0.3 is 6.09 Å². The number of hydrogen-bond acceptors (Lipinski definition) is 5. The van der Waals surface area contributed by atoms with Crippen LogP contribution in [0.25, 0.3) is 0 Å². The topological polar surface area (TPSA) is 88.5 Å². The van der Waals surface area contributed by atoms with Crippen molar-refractivity contribution in [3.63, 3.8) is 0 Å². The highest BCUT2D eigenvalue weighted by Gasteiger charge is 2.27. The van der Waals surface area contributed by atoms with Gasteiger partial charge in [-0.1, -0.05) is 0 Å². The number of carbonyl (C=O) groups is 2. The number of hydrogen-bond donors (Lipinski definition) is 2. The van der Waals surface area contributed by atoms with E-state index in [-0.39, 0.29) is 18.1 Å². The van der Waals surface area contributed by atoms with Crippen molar-refractivity contribution in [1.82, 2.24) is 25.3 Å². The Labute approximate surface area is 122 Å².